The van der Waals surface area contributed by atoms with Gasteiger partial charge in [-0.05, 0) is 14.1 Å². The Balaban J connectivity index is 2.57. The maximum Gasteiger partial charge on any atom is 0.317 e. The maximum absolute atomic E-state index is 10.7. The standard InChI is InChI=1S/C9H15ClN4O2S/c1-13(2)3-4-14(6-8(15)16)5-7-9(10)17-12-11-7/h3-6H2,1-2H3,(H,15,16). The Kier molecular flexibility index (Phi) is 5.76. The first-order valence-corrected chi connectivity index (χ1v) is 6.19. The first kappa shape index (κ1) is 14.3. The summed E-state index contributed by atoms with van der Waals surface area (Å²) in [4.78, 5) is 14.5. The van der Waals surface area contributed by atoms with Crippen molar-refractivity contribution in [2.24, 2.45) is 0 Å². The largest absolute Gasteiger partial charge is 0.480 e. The van der Waals surface area contributed by atoms with Gasteiger partial charge in [0.2, 0.25) is 0 Å². The summed E-state index contributed by atoms with van der Waals surface area (Å²) < 4.78 is 4.24. The van der Waals surface area contributed by atoms with Gasteiger partial charge in [-0.2, -0.15) is 0 Å². The molecule has 96 valence electrons. The average Bonchev–Trinajstić information content (AvgIpc) is 2.60. The molecule has 1 aromatic heterocycles. The molecule has 1 heterocycles. The summed E-state index contributed by atoms with van der Waals surface area (Å²) in [6.07, 6.45) is 0. The van der Waals surface area contributed by atoms with Crippen LogP contribution >= 0.6 is 23.1 Å². The normalized spacial score (nSPS) is 11.4. The highest BCUT2D eigenvalue weighted by Gasteiger charge is 2.14. The van der Waals surface area contributed by atoms with Crippen LogP contribution in [-0.2, 0) is 11.3 Å². The van der Waals surface area contributed by atoms with Gasteiger partial charge >= 0.3 is 5.97 Å². The topological polar surface area (TPSA) is 69.6 Å². The Labute approximate surface area is 109 Å². The summed E-state index contributed by atoms with van der Waals surface area (Å²) in [5, 5.41) is 12.7. The molecule has 0 radical (unpaired) electrons. The number of carboxylic acid groups (broad SMARTS) is 1. The molecule has 0 saturated heterocycles. The van der Waals surface area contributed by atoms with Gasteiger partial charge in [0, 0.05) is 31.2 Å². The summed E-state index contributed by atoms with van der Waals surface area (Å²) in [7, 11) is 3.88. The van der Waals surface area contributed by atoms with E-state index < -0.39 is 5.97 Å². The molecule has 0 bridgehead atoms. The van der Waals surface area contributed by atoms with Crippen molar-refractivity contribution in [1.29, 1.82) is 0 Å². The Bertz CT molecular complexity index is 372. The van der Waals surface area contributed by atoms with Crippen LogP contribution in [0.5, 0.6) is 0 Å². The van der Waals surface area contributed by atoms with Crippen molar-refractivity contribution in [3.05, 3.63) is 10.0 Å². The van der Waals surface area contributed by atoms with Gasteiger partial charge in [0.25, 0.3) is 0 Å². The van der Waals surface area contributed by atoms with Gasteiger partial charge in [0.05, 0.1) is 6.54 Å². The highest BCUT2D eigenvalue weighted by molar-refractivity contribution is 7.10. The second kappa shape index (κ2) is 6.85. The number of hydrogen-bond acceptors (Lipinski definition) is 6. The Morgan fingerprint density at radius 2 is 2.18 bits per heavy atom. The lowest BCUT2D eigenvalue weighted by molar-refractivity contribution is -0.138. The van der Waals surface area contributed by atoms with Crippen LogP contribution in [0.15, 0.2) is 0 Å². The molecule has 17 heavy (non-hydrogen) atoms. The number of halogens is 1. The highest BCUT2D eigenvalue weighted by atomic mass is 35.5. The van der Waals surface area contributed by atoms with Crippen LogP contribution in [0.2, 0.25) is 4.34 Å². The number of nitrogens with zero attached hydrogens (tertiary/aromatic N) is 4. The van der Waals surface area contributed by atoms with E-state index in [-0.39, 0.29) is 6.54 Å². The van der Waals surface area contributed by atoms with Crippen LogP contribution < -0.4 is 0 Å². The van der Waals surface area contributed by atoms with Gasteiger partial charge < -0.3 is 10.0 Å². The minimum Gasteiger partial charge on any atom is -0.480 e. The third-order valence-corrected chi connectivity index (χ3v) is 3.09. The molecule has 0 spiro atoms. The summed E-state index contributed by atoms with van der Waals surface area (Å²) in [6, 6.07) is 0. The van der Waals surface area contributed by atoms with Gasteiger partial charge in [-0.3, -0.25) is 9.69 Å². The van der Waals surface area contributed by atoms with Crippen molar-refractivity contribution in [2.75, 3.05) is 33.7 Å². The van der Waals surface area contributed by atoms with Crippen LogP contribution in [0.25, 0.3) is 0 Å². The third kappa shape index (κ3) is 5.40. The first-order chi connectivity index (χ1) is 7.99. The second-order valence-electron chi connectivity index (χ2n) is 3.90. The quantitative estimate of drug-likeness (QED) is 0.789. The van der Waals surface area contributed by atoms with Crippen LogP contribution in [-0.4, -0.2) is 64.2 Å². The van der Waals surface area contributed by atoms with Crippen molar-refractivity contribution in [3.8, 4) is 0 Å². The molecular formula is C9H15ClN4O2S. The van der Waals surface area contributed by atoms with Crippen molar-refractivity contribution in [3.63, 3.8) is 0 Å². The zero-order chi connectivity index (χ0) is 12.8. The van der Waals surface area contributed by atoms with Crippen LogP contribution in [0.3, 0.4) is 0 Å². The van der Waals surface area contributed by atoms with E-state index in [1.165, 1.54) is 0 Å². The van der Waals surface area contributed by atoms with Crippen molar-refractivity contribution in [2.45, 2.75) is 6.54 Å². The second-order valence-corrected chi connectivity index (χ2v) is 5.26. The lowest BCUT2D eigenvalue weighted by Crippen LogP contribution is -2.35. The molecule has 0 amide bonds. The molecule has 0 unspecified atom stereocenters. The smallest absolute Gasteiger partial charge is 0.317 e. The van der Waals surface area contributed by atoms with Gasteiger partial charge in [0.15, 0.2) is 0 Å². The van der Waals surface area contributed by atoms with Crippen LogP contribution in [0.1, 0.15) is 5.69 Å². The molecular weight excluding hydrogens is 264 g/mol. The average molecular weight is 279 g/mol. The summed E-state index contributed by atoms with van der Waals surface area (Å²) in [5.41, 5.74) is 0.636. The number of carbonyl (C=O) groups is 1. The fourth-order valence-electron chi connectivity index (χ4n) is 1.25. The fraction of sp³-hybridized carbons (Fsp3) is 0.667. The van der Waals surface area contributed by atoms with E-state index in [0.29, 0.717) is 23.1 Å². The molecule has 0 atom stereocenters. The highest BCUT2D eigenvalue weighted by Crippen LogP contribution is 2.18. The van der Waals surface area contributed by atoms with Gasteiger partial charge in [-0.25, -0.2) is 0 Å². The molecule has 0 aliphatic heterocycles. The Hall–Kier alpha value is -0.760. The Morgan fingerprint density at radius 1 is 1.47 bits per heavy atom. The number of rotatable bonds is 7. The number of aromatic nitrogens is 2. The lowest BCUT2D eigenvalue weighted by Gasteiger charge is -2.21. The molecule has 1 aromatic rings. The SMILES string of the molecule is CN(C)CCN(CC(=O)O)Cc1nnsc1Cl. The maximum atomic E-state index is 10.7. The lowest BCUT2D eigenvalue weighted by atomic mass is 10.4. The number of likely N-dealkylation sites (N-methyl/N-ethyl adjacent to an activating group) is 1. The van der Waals surface area contributed by atoms with E-state index in [1.807, 2.05) is 19.0 Å². The molecule has 1 N–H and O–H groups in total. The van der Waals surface area contributed by atoms with Gasteiger partial charge in [0.1, 0.15) is 10.0 Å². The van der Waals surface area contributed by atoms with E-state index in [9.17, 15) is 4.79 Å². The van der Waals surface area contributed by atoms with Crippen molar-refractivity contribution >= 4 is 29.1 Å². The number of aliphatic carboxylic acids is 1. The minimum atomic E-state index is -0.858. The molecule has 0 saturated carbocycles. The third-order valence-electron chi connectivity index (χ3n) is 2.11. The van der Waals surface area contributed by atoms with E-state index in [4.69, 9.17) is 16.7 Å². The van der Waals surface area contributed by atoms with E-state index in [2.05, 4.69) is 9.59 Å². The molecule has 0 aliphatic carbocycles. The zero-order valence-electron chi connectivity index (χ0n) is 9.76. The van der Waals surface area contributed by atoms with E-state index in [0.717, 1.165) is 18.1 Å². The Morgan fingerprint density at radius 3 is 2.65 bits per heavy atom. The molecule has 0 aromatic carbocycles. The predicted molar refractivity (Wildman–Crippen MR) is 66.4 cm³/mol. The molecule has 1 rings (SSSR count). The minimum absolute atomic E-state index is 0.0261. The first-order valence-electron chi connectivity index (χ1n) is 5.04. The van der Waals surface area contributed by atoms with Gasteiger partial charge in [-0.15, -0.1) is 5.10 Å². The molecule has 0 fully saturated rings. The molecule has 6 nitrogen and oxygen atoms in total. The number of hydrogen-bond donors (Lipinski definition) is 1. The summed E-state index contributed by atoms with van der Waals surface area (Å²) in [5.74, 6) is -0.858. The fourth-order valence-corrected chi connectivity index (χ4v) is 1.86. The van der Waals surface area contributed by atoms with Crippen LogP contribution in [0, 0.1) is 0 Å². The number of carboxylic acids is 1. The van der Waals surface area contributed by atoms with E-state index in [1.54, 1.807) is 4.90 Å². The van der Waals surface area contributed by atoms with Crippen molar-refractivity contribution < 1.29 is 9.90 Å². The van der Waals surface area contributed by atoms with Crippen molar-refractivity contribution in [1.82, 2.24) is 19.4 Å². The summed E-state index contributed by atoms with van der Waals surface area (Å²) >= 11 is 7.00. The zero-order valence-corrected chi connectivity index (χ0v) is 11.3. The van der Waals surface area contributed by atoms with E-state index >= 15 is 0 Å². The van der Waals surface area contributed by atoms with Gasteiger partial charge in [-0.1, -0.05) is 16.1 Å². The van der Waals surface area contributed by atoms with Crippen LogP contribution in [0.4, 0.5) is 0 Å². The molecule has 8 heteroatoms. The monoisotopic (exact) mass is 278 g/mol. The predicted octanol–water partition coefficient (Wildman–Crippen LogP) is 0.640. The summed E-state index contributed by atoms with van der Waals surface area (Å²) in [6.45, 7) is 1.81. The molecule has 0 aliphatic rings.